The highest BCUT2D eigenvalue weighted by atomic mass is 16.5. The third-order valence-corrected chi connectivity index (χ3v) is 2.17. The Hall–Kier alpha value is -1.59. The molecule has 0 radical (unpaired) electrons. The average molecular weight is 224 g/mol. The molecule has 88 valence electrons. The minimum Gasteiger partial charge on any atom is -0.494 e. The SMILES string of the molecule is CCOc1ccc(C(=NO)C(C)NO)cc1. The summed E-state index contributed by atoms with van der Waals surface area (Å²) in [6.45, 7) is 4.20. The zero-order valence-electron chi connectivity index (χ0n) is 9.34. The molecular weight excluding hydrogens is 208 g/mol. The Bertz CT molecular complexity index is 349. The van der Waals surface area contributed by atoms with E-state index in [0.717, 1.165) is 11.3 Å². The molecule has 1 unspecified atom stereocenters. The molecule has 0 saturated heterocycles. The number of ether oxygens (including phenoxy) is 1. The Labute approximate surface area is 94.3 Å². The molecule has 0 aliphatic carbocycles. The van der Waals surface area contributed by atoms with Gasteiger partial charge in [0.2, 0.25) is 0 Å². The van der Waals surface area contributed by atoms with Crippen LogP contribution in [0.4, 0.5) is 0 Å². The van der Waals surface area contributed by atoms with Gasteiger partial charge in [0.25, 0.3) is 0 Å². The molecule has 0 spiro atoms. The molecular formula is C11H16N2O3. The first kappa shape index (κ1) is 12.5. The van der Waals surface area contributed by atoms with Crippen molar-refractivity contribution in [3.8, 4) is 5.75 Å². The third-order valence-electron chi connectivity index (χ3n) is 2.17. The van der Waals surface area contributed by atoms with Crippen molar-refractivity contribution in [2.45, 2.75) is 19.9 Å². The normalized spacial score (nSPS) is 13.6. The number of nitrogens with one attached hydrogen (secondary N) is 1. The van der Waals surface area contributed by atoms with E-state index in [0.29, 0.717) is 12.3 Å². The summed E-state index contributed by atoms with van der Waals surface area (Å²) in [6.07, 6.45) is 0. The number of hydrogen-bond donors (Lipinski definition) is 3. The van der Waals surface area contributed by atoms with Crippen LogP contribution in [0.15, 0.2) is 29.4 Å². The number of benzene rings is 1. The highest BCUT2D eigenvalue weighted by molar-refractivity contribution is 6.03. The van der Waals surface area contributed by atoms with Gasteiger partial charge in [0.05, 0.1) is 12.6 Å². The Balaban J connectivity index is 2.87. The van der Waals surface area contributed by atoms with Crippen molar-refractivity contribution in [2.24, 2.45) is 5.16 Å². The lowest BCUT2D eigenvalue weighted by Crippen LogP contribution is -2.32. The number of hydrogen-bond acceptors (Lipinski definition) is 5. The van der Waals surface area contributed by atoms with Gasteiger partial charge >= 0.3 is 0 Å². The van der Waals surface area contributed by atoms with Gasteiger partial charge in [0, 0.05) is 5.56 Å². The molecule has 5 heteroatoms. The number of rotatable bonds is 5. The molecule has 1 atom stereocenters. The van der Waals surface area contributed by atoms with Gasteiger partial charge in [-0.1, -0.05) is 5.16 Å². The third kappa shape index (κ3) is 2.95. The van der Waals surface area contributed by atoms with E-state index in [4.69, 9.17) is 15.2 Å². The number of nitrogens with zero attached hydrogens (tertiary/aromatic N) is 1. The quantitative estimate of drug-likeness (QED) is 0.404. The molecule has 5 nitrogen and oxygen atoms in total. The summed E-state index contributed by atoms with van der Waals surface area (Å²) < 4.78 is 5.29. The van der Waals surface area contributed by atoms with Crippen molar-refractivity contribution < 1.29 is 15.2 Å². The van der Waals surface area contributed by atoms with E-state index in [-0.39, 0.29) is 0 Å². The average Bonchev–Trinajstić information content (AvgIpc) is 2.32. The number of oxime groups is 1. The summed E-state index contributed by atoms with van der Waals surface area (Å²) in [7, 11) is 0. The maximum atomic E-state index is 8.86. The molecule has 16 heavy (non-hydrogen) atoms. The van der Waals surface area contributed by atoms with E-state index in [1.807, 2.05) is 12.4 Å². The molecule has 0 amide bonds. The summed E-state index contributed by atoms with van der Waals surface area (Å²) >= 11 is 0. The predicted molar refractivity (Wildman–Crippen MR) is 60.3 cm³/mol. The van der Waals surface area contributed by atoms with Crippen LogP contribution in [0.25, 0.3) is 0 Å². The monoisotopic (exact) mass is 224 g/mol. The summed E-state index contributed by atoms with van der Waals surface area (Å²) in [5.74, 6) is 0.758. The highest BCUT2D eigenvalue weighted by Gasteiger charge is 2.12. The molecule has 3 N–H and O–H groups in total. The number of hydroxylamine groups is 1. The molecule has 1 aromatic rings. The fourth-order valence-corrected chi connectivity index (χ4v) is 1.34. The smallest absolute Gasteiger partial charge is 0.119 e. The lowest BCUT2D eigenvalue weighted by atomic mass is 10.1. The van der Waals surface area contributed by atoms with E-state index in [2.05, 4.69) is 5.16 Å². The Morgan fingerprint density at radius 3 is 2.50 bits per heavy atom. The molecule has 0 fully saturated rings. The van der Waals surface area contributed by atoms with E-state index >= 15 is 0 Å². The van der Waals surface area contributed by atoms with Crippen LogP contribution >= 0.6 is 0 Å². The van der Waals surface area contributed by atoms with Crippen molar-refractivity contribution in [1.29, 1.82) is 0 Å². The van der Waals surface area contributed by atoms with Crippen molar-refractivity contribution >= 4 is 5.71 Å². The first-order valence-electron chi connectivity index (χ1n) is 5.07. The molecule has 0 saturated carbocycles. The maximum Gasteiger partial charge on any atom is 0.119 e. The van der Waals surface area contributed by atoms with Gasteiger partial charge < -0.3 is 15.2 Å². The van der Waals surface area contributed by atoms with Crippen LogP contribution in [-0.2, 0) is 0 Å². The van der Waals surface area contributed by atoms with Gasteiger partial charge in [0.15, 0.2) is 0 Å². The fourth-order valence-electron chi connectivity index (χ4n) is 1.34. The second kappa shape index (κ2) is 6.09. The van der Waals surface area contributed by atoms with Gasteiger partial charge in [0.1, 0.15) is 11.5 Å². The van der Waals surface area contributed by atoms with Crippen LogP contribution in [0, 0.1) is 0 Å². The van der Waals surface area contributed by atoms with E-state index in [9.17, 15) is 0 Å². The maximum absolute atomic E-state index is 8.86. The Morgan fingerprint density at radius 2 is 2.06 bits per heavy atom. The fraction of sp³-hybridized carbons (Fsp3) is 0.364. The Kier molecular flexibility index (Phi) is 4.75. The lowest BCUT2D eigenvalue weighted by Gasteiger charge is -2.11. The van der Waals surface area contributed by atoms with Crippen LogP contribution in [0.2, 0.25) is 0 Å². The predicted octanol–water partition coefficient (Wildman–Crippen LogP) is 1.63. The lowest BCUT2D eigenvalue weighted by molar-refractivity contribution is 0.154. The second-order valence-corrected chi connectivity index (χ2v) is 3.29. The molecule has 0 heterocycles. The molecule has 0 aromatic heterocycles. The highest BCUT2D eigenvalue weighted by Crippen LogP contribution is 2.13. The second-order valence-electron chi connectivity index (χ2n) is 3.29. The van der Waals surface area contributed by atoms with Gasteiger partial charge in [-0.15, -0.1) is 0 Å². The standard InChI is InChI=1S/C11H16N2O3/c1-3-16-10-6-4-9(5-7-10)11(13-15)8(2)12-14/h4-8,12,14-15H,3H2,1-2H3. The van der Waals surface area contributed by atoms with E-state index in [1.54, 1.807) is 31.2 Å². The zero-order valence-corrected chi connectivity index (χ0v) is 9.34. The summed E-state index contributed by atoms with van der Waals surface area (Å²) in [6, 6.07) is 6.67. The van der Waals surface area contributed by atoms with E-state index < -0.39 is 6.04 Å². The summed E-state index contributed by atoms with van der Waals surface area (Å²) in [5, 5.41) is 20.8. The minimum atomic E-state index is -0.442. The van der Waals surface area contributed by atoms with Crippen LogP contribution in [0.3, 0.4) is 0 Å². The molecule has 1 aromatic carbocycles. The zero-order chi connectivity index (χ0) is 12.0. The van der Waals surface area contributed by atoms with Gasteiger partial charge in [-0.3, -0.25) is 0 Å². The van der Waals surface area contributed by atoms with Crippen molar-refractivity contribution in [1.82, 2.24) is 5.48 Å². The first-order valence-corrected chi connectivity index (χ1v) is 5.07. The van der Waals surface area contributed by atoms with Crippen LogP contribution < -0.4 is 10.2 Å². The minimum absolute atomic E-state index is 0.366. The van der Waals surface area contributed by atoms with Crippen LogP contribution in [0.5, 0.6) is 5.75 Å². The molecule has 0 bridgehead atoms. The van der Waals surface area contributed by atoms with Crippen LogP contribution in [-0.4, -0.2) is 28.8 Å². The first-order chi connectivity index (χ1) is 7.72. The van der Waals surface area contributed by atoms with Crippen molar-refractivity contribution in [3.63, 3.8) is 0 Å². The summed E-state index contributed by atoms with van der Waals surface area (Å²) in [4.78, 5) is 0. The van der Waals surface area contributed by atoms with Gasteiger partial charge in [-0.05, 0) is 38.1 Å². The van der Waals surface area contributed by atoms with Gasteiger partial charge in [-0.2, -0.15) is 5.48 Å². The Morgan fingerprint density at radius 1 is 1.44 bits per heavy atom. The molecule has 1 rings (SSSR count). The molecule has 0 aliphatic rings. The van der Waals surface area contributed by atoms with Crippen LogP contribution in [0.1, 0.15) is 19.4 Å². The largest absolute Gasteiger partial charge is 0.494 e. The van der Waals surface area contributed by atoms with Crippen molar-refractivity contribution in [2.75, 3.05) is 6.61 Å². The molecule has 0 aliphatic heterocycles. The van der Waals surface area contributed by atoms with Gasteiger partial charge in [-0.25, -0.2) is 0 Å². The van der Waals surface area contributed by atoms with E-state index in [1.165, 1.54) is 0 Å². The topological polar surface area (TPSA) is 74.1 Å². The summed E-state index contributed by atoms with van der Waals surface area (Å²) in [5.41, 5.74) is 3.12. The van der Waals surface area contributed by atoms with Crippen molar-refractivity contribution in [3.05, 3.63) is 29.8 Å².